The first-order chi connectivity index (χ1) is 9.57. The van der Waals surface area contributed by atoms with Crippen molar-refractivity contribution in [1.29, 1.82) is 0 Å². The third kappa shape index (κ3) is 3.31. The normalized spacial score (nSPS) is 20.8. The van der Waals surface area contributed by atoms with Crippen molar-refractivity contribution in [2.24, 2.45) is 0 Å². The van der Waals surface area contributed by atoms with Gasteiger partial charge in [0.1, 0.15) is 0 Å². The lowest BCUT2D eigenvalue weighted by molar-refractivity contribution is 0.0265. The van der Waals surface area contributed by atoms with Crippen LogP contribution >= 0.6 is 0 Å². The Kier molecular flexibility index (Phi) is 5.01. The Bertz CT molecular complexity index is 526. The number of anilines is 1. The number of ether oxygens (including phenoxy) is 1. The highest BCUT2D eigenvalue weighted by Gasteiger charge is 2.30. The number of hydrogen-bond acceptors (Lipinski definition) is 4. The zero-order valence-corrected chi connectivity index (χ0v) is 12.8. The first-order valence-electron chi connectivity index (χ1n) is 6.97. The van der Waals surface area contributed by atoms with Gasteiger partial charge in [0.2, 0.25) is 10.0 Å². The minimum absolute atomic E-state index is 0.0140. The van der Waals surface area contributed by atoms with E-state index in [2.05, 4.69) is 5.32 Å². The molecule has 1 saturated heterocycles. The maximum atomic E-state index is 12.6. The second-order valence-electron chi connectivity index (χ2n) is 4.86. The molecule has 1 aromatic rings. The minimum atomic E-state index is -3.41. The van der Waals surface area contributed by atoms with Crippen molar-refractivity contribution in [1.82, 2.24) is 4.31 Å². The van der Waals surface area contributed by atoms with E-state index in [1.807, 2.05) is 6.92 Å². The van der Waals surface area contributed by atoms with Crippen LogP contribution in [-0.2, 0) is 14.8 Å². The second kappa shape index (κ2) is 6.56. The van der Waals surface area contributed by atoms with E-state index in [1.54, 1.807) is 31.3 Å². The van der Waals surface area contributed by atoms with Crippen LogP contribution in [0.15, 0.2) is 29.2 Å². The fourth-order valence-electron chi connectivity index (χ4n) is 2.44. The Morgan fingerprint density at radius 3 is 2.65 bits per heavy atom. The molecule has 0 radical (unpaired) electrons. The molecule has 1 atom stereocenters. The Labute approximate surface area is 121 Å². The van der Waals surface area contributed by atoms with E-state index in [0.29, 0.717) is 24.6 Å². The smallest absolute Gasteiger partial charge is 0.243 e. The number of hydrogen-bond donors (Lipinski definition) is 1. The lowest BCUT2D eigenvalue weighted by atomic mass is 10.1. The highest BCUT2D eigenvalue weighted by molar-refractivity contribution is 7.89. The monoisotopic (exact) mass is 298 g/mol. The topological polar surface area (TPSA) is 58.6 Å². The van der Waals surface area contributed by atoms with Crippen LogP contribution in [0.5, 0.6) is 0 Å². The van der Waals surface area contributed by atoms with Gasteiger partial charge in [-0.1, -0.05) is 0 Å². The van der Waals surface area contributed by atoms with Crippen LogP contribution in [0, 0.1) is 0 Å². The molecule has 1 fully saturated rings. The summed E-state index contributed by atoms with van der Waals surface area (Å²) in [5.41, 5.74) is 0.898. The summed E-state index contributed by atoms with van der Waals surface area (Å²) in [6, 6.07) is 6.84. The van der Waals surface area contributed by atoms with E-state index in [0.717, 1.165) is 18.5 Å². The molecule has 0 bridgehead atoms. The average molecular weight is 298 g/mol. The molecule has 112 valence electrons. The van der Waals surface area contributed by atoms with Crippen LogP contribution in [0.25, 0.3) is 0 Å². The summed E-state index contributed by atoms with van der Waals surface area (Å²) in [5.74, 6) is 0. The van der Waals surface area contributed by atoms with E-state index in [9.17, 15) is 8.42 Å². The molecule has 2 rings (SSSR count). The quantitative estimate of drug-likeness (QED) is 0.902. The fourth-order valence-corrected chi connectivity index (χ4v) is 3.95. The van der Waals surface area contributed by atoms with E-state index < -0.39 is 10.0 Å². The lowest BCUT2D eigenvalue weighted by Crippen LogP contribution is -2.43. The van der Waals surface area contributed by atoms with Gasteiger partial charge >= 0.3 is 0 Å². The minimum Gasteiger partial charge on any atom is -0.388 e. The maximum Gasteiger partial charge on any atom is 0.243 e. The van der Waals surface area contributed by atoms with Gasteiger partial charge in [0.15, 0.2) is 0 Å². The molecular formula is C14H22N2O3S. The van der Waals surface area contributed by atoms with Crippen LogP contribution in [-0.4, -0.2) is 45.6 Å². The summed E-state index contributed by atoms with van der Waals surface area (Å²) in [7, 11) is -1.61. The summed E-state index contributed by atoms with van der Waals surface area (Å²) in [6.07, 6.45) is 1.79. The van der Waals surface area contributed by atoms with Crippen molar-refractivity contribution >= 4 is 15.7 Å². The summed E-state index contributed by atoms with van der Waals surface area (Å²) in [4.78, 5) is 0.341. The Hall–Kier alpha value is -1.11. The Balaban J connectivity index is 2.16. The van der Waals surface area contributed by atoms with Gasteiger partial charge < -0.3 is 10.1 Å². The molecule has 1 aliphatic heterocycles. The number of piperidine rings is 1. The van der Waals surface area contributed by atoms with E-state index in [-0.39, 0.29) is 6.10 Å². The zero-order valence-electron chi connectivity index (χ0n) is 12.0. The number of benzene rings is 1. The highest BCUT2D eigenvalue weighted by atomic mass is 32.2. The van der Waals surface area contributed by atoms with E-state index in [4.69, 9.17) is 4.74 Å². The van der Waals surface area contributed by atoms with Crippen molar-refractivity contribution in [3.05, 3.63) is 24.3 Å². The molecule has 20 heavy (non-hydrogen) atoms. The standard InChI is InChI=1S/C14H22N2O3S/c1-3-19-13-5-4-10-16(11-13)20(17,18)14-8-6-12(15-2)7-9-14/h6-9,13,15H,3-5,10-11H2,1-2H3. The maximum absolute atomic E-state index is 12.6. The Morgan fingerprint density at radius 2 is 2.05 bits per heavy atom. The van der Waals surface area contributed by atoms with Crippen molar-refractivity contribution in [3.8, 4) is 0 Å². The van der Waals surface area contributed by atoms with Crippen LogP contribution in [0.4, 0.5) is 5.69 Å². The first-order valence-corrected chi connectivity index (χ1v) is 8.41. The van der Waals surface area contributed by atoms with Gasteiger partial charge in [0.05, 0.1) is 11.0 Å². The molecule has 0 amide bonds. The van der Waals surface area contributed by atoms with Crippen molar-refractivity contribution in [3.63, 3.8) is 0 Å². The van der Waals surface area contributed by atoms with Crippen molar-refractivity contribution in [2.75, 3.05) is 32.1 Å². The summed E-state index contributed by atoms with van der Waals surface area (Å²) < 4.78 is 32.3. The van der Waals surface area contributed by atoms with E-state index >= 15 is 0 Å². The molecular weight excluding hydrogens is 276 g/mol. The van der Waals surface area contributed by atoms with Crippen LogP contribution < -0.4 is 5.32 Å². The summed E-state index contributed by atoms with van der Waals surface area (Å²) in [6.45, 7) is 3.57. The first kappa shape index (κ1) is 15.3. The predicted octanol–water partition coefficient (Wildman–Crippen LogP) is 1.92. The third-order valence-corrected chi connectivity index (χ3v) is 5.40. The molecule has 0 saturated carbocycles. The van der Waals surface area contributed by atoms with Gasteiger partial charge in [0, 0.05) is 32.4 Å². The SMILES string of the molecule is CCOC1CCCN(S(=O)(=O)c2ccc(NC)cc2)C1. The van der Waals surface area contributed by atoms with Gasteiger partial charge in [-0.25, -0.2) is 8.42 Å². The molecule has 0 aromatic heterocycles. The number of sulfonamides is 1. The van der Waals surface area contributed by atoms with Crippen molar-refractivity contribution in [2.45, 2.75) is 30.8 Å². The number of nitrogens with zero attached hydrogens (tertiary/aromatic N) is 1. The summed E-state index contributed by atoms with van der Waals surface area (Å²) in [5, 5.41) is 2.98. The Morgan fingerprint density at radius 1 is 1.35 bits per heavy atom. The fraction of sp³-hybridized carbons (Fsp3) is 0.571. The van der Waals surface area contributed by atoms with Crippen LogP contribution in [0.3, 0.4) is 0 Å². The molecule has 1 aliphatic rings. The van der Waals surface area contributed by atoms with Gasteiger partial charge in [0.25, 0.3) is 0 Å². The molecule has 0 spiro atoms. The van der Waals surface area contributed by atoms with Crippen LogP contribution in [0.2, 0.25) is 0 Å². The van der Waals surface area contributed by atoms with Crippen molar-refractivity contribution < 1.29 is 13.2 Å². The molecule has 0 aliphatic carbocycles. The van der Waals surface area contributed by atoms with Gasteiger partial charge in [-0.15, -0.1) is 0 Å². The molecule has 5 nitrogen and oxygen atoms in total. The molecule has 1 heterocycles. The van der Waals surface area contributed by atoms with Gasteiger partial charge in [-0.05, 0) is 44.0 Å². The summed E-state index contributed by atoms with van der Waals surface area (Å²) >= 11 is 0. The highest BCUT2D eigenvalue weighted by Crippen LogP contribution is 2.23. The second-order valence-corrected chi connectivity index (χ2v) is 6.79. The molecule has 1 N–H and O–H groups in total. The molecule has 6 heteroatoms. The van der Waals surface area contributed by atoms with Crippen LogP contribution in [0.1, 0.15) is 19.8 Å². The molecule has 1 unspecified atom stereocenters. The average Bonchev–Trinajstić information content (AvgIpc) is 2.48. The third-order valence-electron chi connectivity index (χ3n) is 3.52. The van der Waals surface area contributed by atoms with E-state index in [1.165, 1.54) is 4.31 Å². The molecule has 1 aromatic carbocycles. The zero-order chi connectivity index (χ0) is 14.6. The largest absolute Gasteiger partial charge is 0.388 e. The lowest BCUT2D eigenvalue weighted by Gasteiger charge is -2.31. The number of rotatable bonds is 5. The predicted molar refractivity (Wildman–Crippen MR) is 79.4 cm³/mol. The van der Waals surface area contributed by atoms with Gasteiger partial charge in [-0.2, -0.15) is 4.31 Å². The van der Waals surface area contributed by atoms with Gasteiger partial charge in [-0.3, -0.25) is 0 Å². The number of nitrogens with one attached hydrogen (secondary N) is 1.